The van der Waals surface area contributed by atoms with Crippen LogP contribution in [0, 0.1) is 0 Å². The van der Waals surface area contributed by atoms with Gasteiger partial charge in [-0.15, -0.1) is 0 Å². The van der Waals surface area contributed by atoms with Crippen LogP contribution in [0.1, 0.15) is 25.3 Å². The molecule has 0 saturated carbocycles. The maximum atomic E-state index is 12.5. The Morgan fingerprint density at radius 2 is 1.92 bits per heavy atom. The standard InChI is InChI=1S/C17H22N2O5S2/c1-14(12-15-8-10-24-13-15)18-26(22,23)17-6-4-16(5-7-17)19-9-2-3-11-25(19,20)21/h4-8,10,13-14,18H,2-3,9,11-12H2,1H3. The summed E-state index contributed by atoms with van der Waals surface area (Å²) in [6.07, 6.45) is 5.10. The second-order valence-corrected chi connectivity index (χ2v) is 10.2. The summed E-state index contributed by atoms with van der Waals surface area (Å²) in [5, 5.41) is 0. The molecule has 3 rings (SSSR count). The molecule has 7 nitrogen and oxygen atoms in total. The van der Waals surface area contributed by atoms with E-state index in [1.165, 1.54) is 28.6 Å². The Bertz CT molecular complexity index is 936. The molecule has 26 heavy (non-hydrogen) atoms. The molecular weight excluding hydrogens is 376 g/mol. The van der Waals surface area contributed by atoms with Crippen LogP contribution >= 0.6 is 0 Å². The predicted molar refractivity (Wildman–Crippen MR) is 99.0 cm³/mol. The van der Waals surface area contributed by atoms with E-state index in [9.17, 15) is 16.8 Å². The normalized spacial score (nSPS) is 18.6. The molecule has 1 unspecified atom stereocenters. The second kappa shape index (κ2) is 7.42. The van der Waals surface area contributed by atoms with Crippen molar-refractivity contribution < 1.29 is 21.3 Å². The van der Waals surface area contributed by atoms with Crippen molar-refractivity contribution in [2.45, 2.75) is 37.1 Å². The van der Waals surface area contributed by atoms with Crippen molar-refractivity contribution >= 4 is 25.7 Å². The van der Waals surface area contributed by atoms with Crippen LogP contribution in [0.4, 0.5) is 5.69 Å². The first-order valence-corrected chi connectivity index (χ1v) is 11.5. The van der Waals surface area contributed by atoms with E-state index in [0.717, 1.165) is 12.0 Å². The van der Waals surface area contributed by atoms with Gasteiger partial charge in [-0.05, 0) is 62.1 Å². The smallest absolute Gasteiger partial charge is 0.240 e. The molecule has 0 spiro atoms. The first-order chi connectivity index (χ1) is 12.3. The maximum absolute atomic E-state index is 12.5. The summed E-state index contributed by atoms with van der Waals surface area (Å²) >= 11 is 0. The fraction of sp³-hybridized carbons (Fsp3) is 0.412. The van der Waals surface area contributed by atoms with Crippen molar-refractivity contribution in [1.29, 1.82) is 0 Å². The summed E-state index contributed by atoms with van der Waals surface area (Å²) in [4.78, 5) is 0.106. The summed E-state index contributed by atoms with van der Waals surface area (Å²) in [5.41, 5.74) is 1.40. The van der Waals surface area contributed by atoms with Gasteiger partial charge in [0.25, 0.3) is 0 Å². The molecule has 9 heteroatoms. The van der Waals surface area contributed by atoms with Crippen LogP contribution in [0.25, 0.3) is 0 Å². The van der Waals surface area contributed by atoms with Gasteiger partial charge in [0.15, 0.2) is 0 Å². The summed E-state index contributed by atoms with van der Waals surface area (Å²) in [6.45, 7) is 2.20. The highest BCUT2D eigenvalue weighted by Gasteiger charge is 2.26. The first kappa shape index (κ1) is 18.9. The third kappa shape index (κ3) is 4.28. The van der Waals surface area contributed by atoms with E-state index in [1.54, 1.807) is 25.5 Å². The minimum atomic E-state index is -3.69. The molecule has 142 valence electrons. The monoisotopic (exact) mass is 398 g/mol. The van der Waals surface area contributed by atoms with Gasteiger partial charge in [-0.25, -0.2) is 21.6 Å². The number of nitrogens with zero attached hydrogens (tertiary/aromatic N) is 1. The topological polar surface area (TPSA) is 96.7 Å². The number of benzene rings is 1. The Morgan fingerprint density at radius 3 is 2.54 bits per heavy atom. The lowest BCUT2D eigenvalue weighted by Gasteiger charge is -2.28. The van der Waals surface area contributed by atoms with Crippen LogP contribution < -0.4 is 9.03 Å². The van der Waals surface area contributed by atoms with Crippen molar-refractivity contribution in [2.24, 2.45) is 0 Å². The van der Waals surface area contributed by atoms with Crippen LogP contribution in [0.2, 0.25) is 0 Å². The van der Waals surface area contributed by atoms with Crippen molar-refractivity contribution in [3.05, 3.63) is 48.4 Å². The fourth-order valence-corrected chi connectivity index (χ4v) is 5.89. The Morgan fingerprint density at radius 1 is 1.19 bits per heavy atom. The Balaban J connectivity index is 1.72. The second-order valence-electron chi connectivity index (χ2n) is 6.45. The quantitative estimate of drug-likeness (QED) is 0.804. The number of rotatable bonds is 6. The number of furan rings is 1. The minimum Gasteiger partial charge on any atom is -0.472 e. The number of hydrogen-bond donors (Lipinski definition) is 1. The minimum absolute atomic E-state index is 0.106. The van der Waals surface area contributed by atoms with E-state index in [0.29, 0.717) is 25.1 Å². The van der Waals surface area contributed by atoms with Gasteiger partial charge in [0.05, 0.1) is 28.9 Å². The summed E-state index contributed by atoms with van der Waals surface area (Å²) < 4.78 is 58.3. The zero-order valence-electron chi connectivity index (χ0n) is 14.5. The highest BCUT2D eigenvalue weighted by Crippen LogP contribution is 2.25. The lowest BCUT2D eigenvalue weighted by molar-refractivity contribution is 0.549. The predicted octanol–water partition coefficient (Wildman–Crippen LogP) is 2.12. The third-order valence-electron chi connectivity index (χ3n) is 4.26. The van der Waals surface area contributed by atoms with Crippen molar-refractivity contribution in [1.82, 2.24) is 4.72 Å². The highest BCUT2D eigenvalue weighted by atomic mass is 32.2. The molecule has 1 aromatic heterocycles. The van der Waals surface area contributed by atoms with Crippen LogP contribution in [0.3, 0.4) is 0 Å². The molecule has 2 aromatic rings. The van der Waals surface area contributed by atoms with Crippen molar-refractivity contribution in [3.8, 4) is 0 Å². The number of sulfonamides is 2. The molecule has 1 aromatic carbocycles. The van der Waals surface area contributed by atoms with Gasteiger partial charge in [0, 0.05) is 12.6 Å². The molecule has 1 saturated heterocycles. The summed E-state index contributed by atoms with van der Waals surface area (Å²) in [6, 6.07) is 7.44. The van der Waals surface area contributed by atoms with Gasteiger partial charge >= 0.3 is 0 Å². The molecule has 1 aliphatic rings. The fourth-order valence-electron chi connectivity index (χ4n) is 3.01. The van der Waals surface area contributed by atoms with Gasteiger partial charge in [-0.1, -0.05) is 0 Å². The number of nitrogens with one attached hydrogen (secondary N) is 1. The van der Waals surface area contributed by atoms with Crippen LogP contribution in [-0.4, -0.2) is 35.2 Å². The average molecular weight is 399 g/mol. The lowest BCUT2D eigenvalue weighted by Crippen LogP contribution is -2.38. The summed E-state index contributed by atoms with van der Waals surface area (Å²) in [5.74, 6) is 0.125. The van der Waals surface area contributed by atoms with Gasteiger partial charge in [-0.3, -0.25) is 4.31 Å². The molecule has 1 aliphatic heterocycles. The Labute approximate surface area is 154 Å². The number of hydrogen-bond acceptors (Lipinski definition) is 5. The molecule has 2 heterocycles. The van der Waals surface area contributed by atoms with Gasteiger partial charge in [-0.2, -0.15) is 0 Å². The van der Waals surface area contributed by atoms with E-state index in [4.69, 9.17) is 4.42 Å². The zero-order valence-corrected chi connectivity index (χ0v) is 16.1. The van der Waals surface area contributed by atoms with Gasteiger partial charge < -0.3 is 4.42 Å². The molecular formula is C17H22N2O5S2. The van der Waals surface area contributed by atoms with E-state index in [-0.39, 0.29) is 16.7 Å². The molecule has 1 N–H and O–H groups in total. The van der Waals surface area contributed by atoms with E-state index < -0.39 is 20.0 Å². The van der Waals surface area contributed by atoms with Crippen LogP contribution in [0.15, 0.2) is 52.2 Å². The molecule has 0 radical (unpaired) electrons. The SMILES string of the molecule is CC(Cc1ccoc1)NS(=O)(=O)c1ccc(N2CCCCS2(=O)=O)cc1. The highest BCUT2D eigenvalue weighted by molar-refractivity contribution is 7.92. The van der Waals surface area contributed by atoms with Crippen molar-refractivity contribution in [2.75, 3.05) is 16.6 Å². The van der Waals surface area contributed by atoms with E-state index in [1.807, 2.05) is 0 Å². The maximum Gasteiger partial charge on any atom is 0.240 e. The van der Waals surface area contributed by atoms with Gasteiger partial charge in [0.1, 0.15) is 0 Å². The largest absolute Gasteiger partial charge is 0.472 e. The Hall–Kier alpha value is -1.84. The van der Waals surface area contributed by atoms with Crippen LogP contribution in [-0.2, 0) is 26.5 Å². The van der Waals surface area contributed by atoms with Crippen LogP contribution in [0.5, 0.6) is 0 Å². The number of anilines is 1. The molecule has 1 atom stereocenters. The van der Waals surface area contributed by atoms with Gasteiger partial charge in [0.2, 0.25) is 20.0 Å². The lowest BCUT2D eigenvalue weighted by atomic mass is 10.1. The Kier molecular flexibility index (Phi) is 5.40. The van der Waals surface area contributed by atoms with E-state index in [2.05, 4.69) is 4.72 Å². The zero-order chi connectivity index (χ0) is 18.8. The molecule has 0 amide bonds. The molecule has 0 bridgehead atoms. The first-order valence-electron chi connectivity index (χ1n) is 8.42. The average Bonchev–Trinajstić information content (AvgIpc) is 3.07. The molecule has 1 fully saturated rings. The summed E-state index contributed by atoms with van der Waals surface area (Å²) in [7, 11) is -7.00. The third-order valence-corrected chi connectivity index (χ3v) is 7.74. The van der Waals surface area contributed by atoms with Crippen molar-refractivity contribution in [3.63, 3.8) is 0 Å². The molecule has 0 aliphatic carbocycles. The van der Waals surface area contributed by atoms with E-state index >= 15 is 0 Å².